The first-order valence-corrected chi connectivity index (χ1v) is 9.72. The average Bonchev–Trinajstić information content (AvgIpc) is 2.47. The first-order valence-electron chi connectivity index (χ1n) is 7.79. The predicted molar refractivity (Wildman–Crippen MR) is 88.1 cm³/mol. The molecule has 8 heteroatoms. The highest BCUT2D eigenvalue weighted by Gasteiger charge is 2.39. The van der Waals surface area contributed by atoms with Gasteiger partial charge in [0.25, 0.3) is 0 Å². The fourth-order valence-corrected chi connectivity index (χ4v) is 4.27. The fourth-order valence-electron chi connectivity index (χ4n) is 1.63. The van der Waals surface area contributed by atoms with E-state index in [1.165, 1.54) is 0 Å². The highest BCUT2D eigenvalue weighted by Crippen LogP contribution is 2.17. The Morgan fingerprint density at radius 2 is 1.43 bits per heavy atom. The van der Waals surface area contributed by atoms with E-state index in [1.807, 2.05) is 20.8 Å². The monoisotopic (exact) mass is 325 g/mol. The van der Waals surface area contributed by atoms with Crippen molar-refractivity contribution in [3.8, 4) is 0 Å². The van der Waals surface area contributed by atoms with Crippen LogP contribution in [0.2, 0.25) is 6.04 Å². The van der Waals surface area contributed by atoms with Gasteiger partial charge >= 0.3 is 8.80 Å². The summed E-state index contributed by atoms with van der Waals surface area (Å²) < 4.78 is 17.0. The maximum Gasteiger partial charge on any atom is 0.500 e. The molecule has 0 fully saturated rings. The van der Waals surface area contributed by atoms with E-state index in [-0.39, 0.29) is 6.61 Å². The summed E-state index contributed by atoms with van der Waals surface area (Å²) in [5.74, 6) is 0. The molecule has 0 aliphatic heterocycles. The number of hydrogen-bond donors (Lipinski definition) is 4. The van der Waals surface area contributed by atoms with Crippen LogP contribution >= 0.6 is 0 Å². The van der Waals surface area contributed by atoms with Crippen LogP contribution in [0.4, 0.5) is 0 Å². The summed E-state index contributed by atoms with van der Waals surface area (Å²) in [6.07, 6.45) is 0.895. The molecule has 0 aliphatic carbocycles. The molecule has 0 aromatic heterocycles. The minimum atomic E-state index is -2.40. The Bertz CT molecular complexity index is 181. The molecule has 21 heavy (non-hydrogen) atoms. The highest BCUT2D eigenvalue weighted by molar-refractivity contribution is 6.60. The highest BCUT2D eigenvalue weighted by atomic mass is 28.4. The van der Waals surface area contributed by atoms with Gasteiger partial charge in [0.1, 0.15) is 0 Å². The van der Waals surface area contributed by atoms with Gasteiger partial charge in [-0.1, -0.05) is 0 Å². The Labute approximate surface area is 130 Å². The summed E-state index contributed by atoms with van der Waals surface area (Å²) in [6, 6.07) is 0.818. The molecule has 0 spiro atoms. The van der Waals surface area contributed by atoms with Crippen molar-refractivity contribution in [2.45, 2.75) is 33.2 Å². The molecule has 0 atom stereocenters. The van der Waals surface area contributed by atoms with E-state index in [0.29, 0.717) is 39.5 Å². The van der Waals surface area contributed by atoms with Crippen LogP contribution in [0.3, 0.4) is 0 Å². The summed E-state index contributed by atoms with van der Waals surface area (Å²) in [7, 11) is -2.40. The SMILES string of the molecule is CCO[Si](CCCN)(OCC)OCC.NCCNCCO. The lowest BCUT2D eigenvalue weighted by atomic mass is 10.5. The topological polar surface area (TPSA) is 112 Å². The molecule has 6 N–H and O–H groups in total. The smallest absolute Gasteiger partial charge is 0.395 e. The van der Waals surface area contributed by atoms with Crippen molar-refractivity contribution in [1.29, 1.82) is 0 Å². The molecule has 130 valence electrons. The van der Waals surface area contributed by atoms with Crippen molar-refractivity contribution in [2.24, 2.45) is 11.5 Å². The zero-order valence-corrected chi connectivity index (χ0v) is 14.9. The van der Waals surface area contributed by atoms with Gasteiger partial charge in [0, 0.05) is 45.5 Å². The average molecular weight is 326 g/mol. The van der Waals surface area contributed by atoms with Crippen molar-refractivity contribution in [1.82, 2.24) is 5.32 Å². The minimum Gasteiger partial charge on any atom is -0.395 e. The minimum absolute atomic E-state index is 0.194. The summed E-state index contributed by atoms with van der Waals surface area (Å²) in [4.78, 5) is 0. The lowest BCUT2D eigenvalue weighted by Gasteiger charge is -2.28. The second-order valence-corrected chi connectivity index (χ2v) is 6.87. The Hall–Kier alpha value is -0.0631. The number of nitrogens with one attached hydrogen (secondary N) is 1. The molecule has 0 saturated carbocycles. The maximum absolute atomic E-state index is 8.19. The van der Waals surface area contributed by atoms with Crippen LogP contribution in [0.5, 0.6) is 0 Å². The quantitative estimate of drug-likeness (QED) is 0.276. The van der Waals surface area contributed by atoms with Crippen molar-refractivity contribution in [2.75, 3.05) is 52.6 Å². The molecule has 0 amide bonds. The van der Waals surface area contributed by atoms with Gasteiger partial charge in [0.05, 0.1) is 6.61 Å². The molecular formula is C13H35N3O4Si. The molecule has 0 aromatic carbocycles. The molecule has 0 radical (unpaired) electrons. The summed E-state index contributed by atoms with van der Waals surface area (Å²) in [6.45, 7) is 10.7. The largest absolute Gasteiger partial charge is 0.500 e. The lowest BCUT2D eigenvalue weighted by Crippen LogP contribution is -2.46. The predicted octanol–water partition coefficient (Wildman–Crippen LogP) is -0.0894. The summed E-state index contributed by atoms with van der Waals surface area (Å²) in [5, 5.41) is 11.1. The Balaban J connectivity index is 0. The molecule has 0 unspecified atom stereocenters. The van der Waals surface area contributed by atoms with Crippen LogP contribution in [-0.2, 0) is 13.3 Å². The maximum atomic E-state index is 8.19. The summed E-state index contributed by atoms with van der Waals surface area (Å²) >= 11 is 0. The van der Waals surface area contributed by atoms with Crippen LogP contribution in [0.25, 0.3) is 0 Å². The number of aliphatic hydroxyl groups is 1. The van der Waals surface area contributed by atoms with Gasteiger partial charge in [0.15, 0.2) is 0 Å². The van der Waals surface area contributed by atoms with Gasteiger partial charge in [-0.3, -0.25) is 0 Å². The Morgan fingerprint density at radius 3 is 1.76 bits per heavy atom. The third-order valence-corrected chi connectivity index (χ3v) is 5.54. The van der Waals surface area contributed by atoms with Gasteiger partial charge in [-0.05, 0) is 33.7 Å². The van der Waals surface area contributed by atoms with Gasteiger partial charge in [-0.2, -0.15) is 0 Å². The molecular weight excluding hydrogens is 290 g/mol. The van der Waals surface area contributed by atoms with E-state index in [2.05, 4.69) is 5.32 Å². The van der Waals surface area contributed by atoms with E-state index in [0.717, 1.165) is 19.0 Å². The van der Waals surface area contributed by atoms with Crippen LogP contribution in [0, 0.1) is 0 Å². The number of nitrogens with two attached hydrogens (primary N) is 2. The van der Waals surface area contributed by atoms with E-state index in [4.69, 9.17) is 29.9 Å². The molecule has 0 heterocycles. The van der Waals surface area contributed by atoms with Gasteiger partial charge < -0.3 is 35.2 Å². The van der Waals surface area contributed by atoms with Gasteiger partial charge in [0.2, 0.25) is 0 Å². The number of hydrogen-bond acceptors (Lipinski definition) is 7. The van der Waals surface area contributed by atoms with E-state index in [9.17, 15) is 0 Å². The Kier molecular flexibility index (Phi) is 19.9. The molecule has 7 nitrogen and oxygen atoms in total. The number of rotatable bonds is 13. The second-order valence-electron chi connectivity index (χ2n) is 4.14. The van der Waals surface area contributed by atoms with E-state index >= 15 is 0 Å². The van der Waals surface area contributed by atoms with Crippen molar-refractivity contribution in [3.05, 3.63) is 0 Å². The number of aliphatic hydroxyl groups excluding tert-OH is 1. The van der Waals surface area contributed by atoms with Crippen LogP contribution < -0.4 is 16.8 Å². The third kappa shape index (κ3) is 14.6. The van der Waals surface area contributed by atoms with Gasteiger partial charge in [-0.15, -0.1) is 0 Å². The van der Waals surface area contributed by atoms with Crippen molar-refractivity contribution < 1.29 is 18.4 Å². The van der Waals surface area contributed by atoms with Gasteiger partial charge in [-0.25, -0.2) is 0 Å². The van der Waals surface area contributed by atoms with Crippen LogP contribution in [0.15, 0.2) is 0 Å². The molecule has 0 saturated heterocycles. The van der Waals surface area contributed by atoms with Crippen LogP contribution in [0.1, 0.15) is 27.2 Å². The molecule has 0 aromatic rings. The van der Waals surface area contributed by atoms with Crippen molar-refractivity contribution in [3.63, 3.8) is 0 Å². The zero-order chi connectivity index (χ0) is 16.4. The lowest BCUT2D eigenvalue weighted by molar-refractivity contribution is 0.0710. The normalized spacial score (nSPS) is 11.1. The van der Waals surface area contributed by atoms with E-state index in [1.54, 1.807) is 0 Å². The van der Waals surface area contributed by atoms with Crippen LogP contribution in [-0.4, -0.2) is 66.5 Å². The molecule has 0 rings (SSSR count). The first kappa shape index (κ1) is 23.2. The standard InChI is InChI=1S/C9H23NO3Si.C4H12N2O/c1-4-11-14(12-5-2,13-6-3)9-7-8-10;5-1-2-6-3-4-7/h4-10H2,1-3H3;6-7H,1-5H2. The first-order chi connectivity index (χ1) is 10.2. The van der Waals surface area contributed by atoms with Crippen molar-refractivity contribution >= 4 is 8.80 Å². The second kappa shape index (κ2) is 18.0. The Morgan fingerprint density at radius 1 is 0.905 bits per heavy atom. The fraction of sp³-hybridized carbons (Fsp3) is 1.00. The molecule has 0 aliphatic rings. The van der Waals surface area contributed by atoms with E-state index < -0.39 is 8.80 Å². The zero-order valence-electron chi connectivity index (χ0n) is 13.9. The third-order valence-electron chi connectivity index (χ3n) is 2.39. The molecule has 0 bridgehead atoms. The summed E-state index contributed by atoms with van der Waals surface area (Å²) in [5.41, 5.74) is 10.6.